The summed E-state index contributed by atoms with van der Waals surface area (Å²) in [4.78, 5) is 25.2. The highest BCUT2D eigenvalue weighted by Gasteiger charge is 2.22. The summed E-state index contributed by atoms with van der Waals surface area (Å²) in [5, 5.41) is 0. The first kappa shape index (κ1) is 22.9. The monoisotopic (exact) mass is 429 g/mol. The summed E-state index contributed by atoms with van der Waals surface area (Å²) in [6.45, 7) is 8.90. The Morgan fingerprint density at radius 2 is 1.97 bits per heavy atom. The molecule has 1 saturated heterocycles. The van der Waals surface area contributed by atoms with Crippen molar-refractivity contribution in [2.24, 2.45) is 0 Å². The number of Topliss-reactive ketones (excluding diaryl/α,β-unsaturated/α-hetero) is 1. The van der Waals surface area contributed by atoms with Crippen LogP contribution in [0.5, 0.6) is 11.5 Å². The Hall–Kier alpha value is -2.80. The van der Waals surface area contributed by atoms with Crippen LogP contribution in [0.1, 0.15) is 58.8 Å². The van der Waals surface area contributed by atoms with Crippen molar-refractivity contribution in [2.45, 2.75) is 59.3 Å². The summed E-state index contributed by atoms with van der Waals surface area (Å²) in [6.07, 6.45) is 2.26. The van der Waals surface area contributed by atoms with E-state index in [-0.39, 0.29) is 24.6 Å². The molecule has 2 heterocycles. The standard InChI is InChI=1S/C24H31NO6/c1-15(2)31-22-9-8-18(12-23(22)28-5)24(27)30-14-21(26)20-11-16(3)25(17(20)4)13-19-7-6-10-29-19/h8-9,11-12,15,19H,6-7,10,13-14H2,1-5H3. The van der Waals surface area contributed by atoms with E-state index in [1.165, 1.54) is 7.11 Å². The summed E-state index contributed by atoms with van der Waals surface area (Å²) >= 11 is 0. The number of aryl methyl sites for hydroxylation is 1. The van der Waals surface area contributed by atoms with Crippen molar-refractivity contribution in [3.8, 4) is 11.5 Å². The number of rotatable bonds is 9. The van der Waals surface area contributed by atoms with Gasteiger partial charge in [-0.25, -0.2) is 4.79 Å². The minimum Gasteiger partial charge on any atom is -0.493 e. The van der Waals surface area contributed by atoms with Crippen LogP contribution in [0.25, 0.3) is 0 Å². The Kier molecular flexibility index (Phi) is 7.38. The maximum Gasteiger partial charge on any atom is 0.338 e. The first-order valence-corrected chi connectivity index (χ1v) is 10.6. The normalized spacial score (nSPS) is 15.9. The van der Waals surface area contributed by atoms with Crippen molar-refractivity contribution in [2.75, 3.05) is 20.3 Å². The zero-order chi connectivity index (χ0) is 22.5. The first-order chi connectivity index (χ1) is 14.8. The molecule has 1 unspecified atom stereocenters. The average molecular weight is 430 g/mol. The zero-order valence-corrected chi connectivity index (χ0v) is 18.9. The molecule has 0 N–H and O–H groups in total. The third-order valence-corrected chi connectivity index (χ3v) is 5.38. The molecule has 1 atom stereocenters. The van der Waals surface area contributed by atoms with Crippen LogP contribution in [0.3, 0.4) is 0 Å². The van der Waals surface area contributed by atoms with Gasteiger partial charge in [0.15, 0.2) is 18.1 Å². The molecule has 2 aromatic rings. The van der Waals surface area contributed by atoms with Crippen LogP contribution in [-0.2, 0) is 16.0 Å². The number of carbonyl (C=O) groups is 2. The number of benzene rings is 1. The molecule has 3 rings (SSSR count). The van der Waals surface area contributed by atoms with Gasteiger partial charge in [0.25, 0.3) is 0 Å². The molecule has 0 amide bonds. The predicted molar refractivity (Wildman–Crippen MR) is 116 cm³/mol. The molecule has 7 heteroatoms. The Balaban J connectivity index is 1.64. The highest BCUT2D eigenvalue weighted by molar-refractivity contribution is 6.00. The van der Waals surface area contributed by atoms with Gasteiger partial charge in [-0.3, -0.25) is 4.79 Å². The summed E-state index contributed by atoms with van der Waals surface area (Å²) in [5.74, 6) is 0.165. The first-order valence-electron chi connectivity index (χ1n) is 10.6. The van der Waals surface area contributed by atoms with Crippen LogP contribution >= 0.6 is 0 Å². The van der Waals surface area contributed by atoms with Gasteiger partial charge in [-0.1, -0.05) is 0 Å². The number of carbonyl (C=O) groups excluding carboxylic acids is 2. The molecule has 0 spiro atoms. The number of ketones is 1. The lowest BCUT2D eigenvalue weighted by atomic mass is 10.1. The lowest BCUT2D eigenvalue weighted by molar-refractivity contribution is 0.0474. The molecule has 168 valence electrons. The molecule has 31 heavy (non-hydrogen) atoms. The number of esters is 1. The number of nitrogens with zero attached hydrogens (tertiary/aromatic N) is 1. The van der Waals surface area contributed by atoms with Crippen LogP contribution in [-0.4, -0.2) is 48.9 Å². The quantitative estimate of drug-likeness (QED) is 0.441. The third-order valence-electron chi connectivity index (χ3n) is 5.38. The Morgan fingerprint density at radius 3 is 2.61 bits per heavy atom. The molecule has 1 fully saturated rings. The van der Waals surface area contributed by atoms with E-state index in [1.807, 2.05) is 33.8 Å². The van der Waals surface area contributed by atoms with E-state index in [2.05, 4.69) is 4.57 Å². The SMILES string of the molecule is COc1cc(C(=O)OCC(=O)c2cc(C)n(CC3CCCO3)c2C)ccc1OC(C)C. The topological polar surface area (TPSA) is 76.0 Å². The molecule has 7 nitrogen and oxygen atoms in total. The van der Waals surface area contributed by atoms with Gasteiger partial charge < -0.3 is 23.5 Å². The maximum absolute atomic E-state index is 12.7. The van der Waals surface area contributed by atoms with Crippen molar-refractivity contribution < 1.29 is 28.5 Å². The van der Waals surface area contributed by atoms with Gasteiger partial charge >= 0.3 is 5.97 Å². The van der Waals surface area contributed by atoms with Crippen LogP contribution in [0.4, 0.5) is 0 Å². The van der Waals surface area contributed by atoms with Crippen molar-refractivity contribution in [1.82, 2.24) is 4.57 Å². The lowest BCUT2D eigenvalue weighted by Crippen LogP contribution is -2.18. The number of ether oxygens (including phenoxy) is 4. The van der Waals surface area contributed by atoms with Crippen LogP contribution in [0, 0.1) is 13.8 Å². The number of hydrogen-bond donors (Lipinski definition) is 0. The van der Waals surface area contributed by atoms with Crippen LogP contribution in [0.15, 0.2) is 24.3 Å². The van der Waals surface area contributed by atoms with E-state index in [0.29, 0.717) is 22.6 Å². The predicted octanol–water partition coefficient (Wildman–Crippen LogP) is 4.12. The van der Waals surface area contributed by atoms with E-state index < -0.39 is 5.97 Å². The zero-order valence-electron chi connectivity index (χ0n) is 18.9. The van der Waals surface area contributed by atoms with Crippen LogP contribution < -0.4 is 9.47 Å². The second-order valence-corrected chi connectivity index (χ2v) is 8.06. The average Bonchev–Trinajstić information content (AvgIpc) is 3.35. The molecule has 1 aliphatic rings. The molecule has 0 radical (unpaired) electrons. The number of hydrogen-bond acceptors (Lipinski definition) is 6. The van der Waals surface area contributed by atoms with E-state index >= 15 is 0 Å². The Bertz CT molecular complexity index is 940. The minimum atomic E-state index is -0.587. The summed E-state index contributed by atoms with van der Waals surface area (Å²) < 4.78 is 24.1. The van der Waals surface area contributed by atoms with Gasteiger partial charge in [-0.2, -0.15) is 0 Å². The molecule has 1 aromatic heterocycles. The summed E-state index contributed by atoms with van der Waals surface area (Å²) in [5.41, 5.74) is 2.73. The maximum atomic E-state index is 12.7. The molecule has 1 aliphatic heterocycles. The summed E-state index contributed by atoms with van der Waals surface area (Å²) in [6, 6.07) is 6.66. The highest BCUT2D eigenvalue weighted by Crippen LogP contribution is 2.29. The van der Waals surface area contributed by atoms with Gasteiger partial charge in [0.1, 0.15) is 0 Å². The van der Waals surface area contributed by atoms with Gasteiger partial charge in [0.2, 0.25) is 5.78 Å². The van der Waals surface area contributed by atoms with E-state index in [0.717, 1.165) is 37.4 Å². The van der Waals surface area contributed by atoms with Crippen molar-refractivity contribution >= 4 is 11.8 Å². The van der Waals surface area contributed by atoms with Crippen molar-refractivity contribution in [1.29, 1.82) is 0 Å². The van der Waals surface area contributed by atoms with Gasteiger partial charge in [0.05, 0.1) is 24.9 Å². The van der Waals surface area contributed by atoms with Crippen LogP contribution in [0.2, 0.25) is 0 Å². The fourth-order valence-corrected chi connectivity index (χ4v) is 3.79. The highest BCUT2D eigenvalue weighted by atomic mass is 16.5. The largest absolute Gasteiger partial charge is 0.493 e. The molecule has 0 aliphatic carbocycles. The van der Waals surface area contributed by atoms with E-state index in [4.69, 9.17) is 18.9 Å². The molecular weight excluding hydrogens is 398 g/mol. The molecule has 0 saturated carbocycles. The fraction of sp³-hybridized carbons (Fsp3) is 0.500. The smallest absolute Gasteiger partial charge is 0.338 e. The lowest BCUT2D eigenvalue weighted by Gasteiger charge is -2.15. The van der Waals surface area contributed by atoms with Gasteiger partial charge in [0, 0.05) is 30.1 Å². The Labute approximate surface area is 183 Å². The molecule has 1 aromatic carbocycles. The number of aromatic nitrogens is 1. The second kappa shape index (κ2) is 10.0. The molecule has 0 bridgehead atoms. The van der Waals surface area contributed by atoms with E-state index in [1.54, 1.807) is 18.2 Å². The van der Waals surface area contributed by atoms with E-state index in [9.17, 15) is 9.59 Å². The second-order valence-electron chi connectivity index (χ2n) is 8.06. The van der Waals surface area contributed by atoms with Gasteiger partial charge in [-0.15, -0.1) is 0 Å². The summed E-state index contributed by atoms with van der Waals surface area (Å²) in [7, 11) is 1.51. The Morgan fingerprint density at radius 1 is 1.19 bits per heavy atom. The van der Waals surface area contributed by atoms with Crippen molar-refractivity contribution in [3.05, 3.63) is 46.8 Å². The fourth-order valence-electron chi connectivity index (χ4n) is 3.79. The van der Waals surface area contributed by atoms with Gasteiger partial charge in [-0.05, 0) is 64.8 Å². The minimum absolute atomic E-state index is 0.0245. The third kappa shape index (κ3) is 5.47. The van der Waals surface area contributed by atoms with Crippen molar-refractivity contribution in [3.63, 3.8) is 0 Å². The number of methoxy groups -OCH3 is 1. The molecular formula is C24H31NO6.